The Morgan fingerprint density at radius 2 is 1.84 bits per heavy atom. The molecule has 6 nitrogen and oxygen atoms in total. The van der Waals surface area contributed by atoms with Gasteiger partial charge in [-0.2, -0.15) is 4.80 Å². The number of benzene rings is 2. The molecule has 0 fully saturated rings. The lowest BCUT2D eigenvalue weighted by Crippen LogP contribution is -2.00. The molecule has 2 aromatic carbocycles. The maximum absolute atomic E-state index is 6.67. The van der Waals surface area contributed by atoms with Crippen LogP contribution in [-0.4, -0.2) is 24.8 Å². The van der Waals surface area contributed by atoms with Crippen molar-refractivity contribution in [3.05, 3.63) is 58.1 Å². The van der Waals surface area contributed by atoms with Gasteiger partial charge in [-0.25, -0.2) is 0 Å². The van der Waals surface area contributed by atoms with Crippen molar-refractivity contribution in [2.24, 2.45) is 12.8 Å². The number of rotatable bonds is 3. The minimum absolute atomic E-state index is 0.447. The van der Waals surface area contributed by atoms with E-state index < -0.39 is 0 Å². The molecule has 0 aliphatic rings. The van der Waals surface area contributed by atoms with Gasteiger partial charge in [-0.3, -0.25) is 0 Å². The van der Waals surface area contributed by atoms with Crippen LogP contribution < -0.4 is 5.73 Å². The molecule has 2 aromatic heterocycles. The second-order valence-electron chi connectivity index (χ2n) is 5.63. The molecule has 0 aliphatic heterocycles. The predicted octanol–water partition coefficient (Wildman–Crippen LogP) is 3.59. The molecular weight excluding hydrogens is 359 g/mol. The molecule has 0 unspecified atom stereocenters. The molecular formula is C17H14Cl2N6. The third-order valence-corrected chi connectivity index (χ3v) is 4.64. The molecule has 0 atom stereocenters. The molecule has 4 rings (SSSR count). The fourth-order valence-electron chi connectivity index (χ4n) is 2.85. The first-order chi connectivity index (χ1) is 12.1. The number of hydrogen-bond acceptors (Lipinski definition) is 4. The average molecular weight is 373 g/mol. The SMILES string of the molecule is Cn1nnc(-c2c(Cl)c3cc(Cl)ccc3n2-c2ccc(CN)cc2)n1. The number of aromatic nitrogens is 5. The van der Waals surface area contributed by atoms with Crippen LogP contribution in [0.15, 0.2) is 42.5 Å². The predicted molar refractivity (Wildman–Crippen MR) is 99.0 cm³/mol. The summed E-state index contributed by atoms with van der Waals surface area (Å²) in [6.07, 6.45) is 0. The van der Waals surface area contributed by atoms with E-state index in [0.29, 0.717) is 28.1 Å². The van der Waals surface area contributed by atoms with Gasteiger partial charge < -0.3 is 10.3 Å². The molecule has 0 saturated heterocycles. The van der Waals surface area contributed by atoms with Crippen LogP contribution in [0.3, 0.4) is 0 Å². The van der Waals surface area contributed by atoms with Crippen molar-refractivity contribution in [3.8, 4) is 17.2 Å². The van der Waals surface area contributed by atoms with E-state index in [0.717, 1.165) is 22.2 Å². The molecule has 0 amide bonds. The number of halogens is 2. The van der Waals surface area contributed by atoms with Crippen molar-refractivity contribution in [3.63, 3.8) is 0 Å². The van der Waals surface area contributed by atoms with Crippen LogP contribution in [0, 0.1) is 0 Å². The van der Waals surface area contributed by atoms with Crippen molar-refractivity contribution in [1.82, 2.24) is 24.8 Å². The van der Waals surface area contributed by atoms with Crippen LogP contribution in [0.1, 0.15) is 5.56 Å². The molecule has 126 valence electrons. The molecule has 2 N–H and O–H groups in total. The van der Waals surface area contributed by atoms with Gasteiger partial charge in [-0.1, -0.05) is 35.3 Å². The van der Waals surface area contributed by atoms with Crippen molar-refractivity contribution in [2.45, 2.75) is 6.54 Å². The number of aryl methyl sites for hydroxylation is 1. The zero-order chi connectivity index (χ0) is 17.6. The third-order valence-electron chi connectivity index (χ3n) is 4.02. The lowest BCUT2D eigenvalue weighted by Gasteiger charge is -2.10. The van der Waals surface area contributed by atoms with E-state index in [1.165, 1.54) is 4.80 Å². The van der Waals surface area contributed by atoms with Crippen LogP contribution in [0.25, 0.3) is 28.1 Å². The second kappa shape index (κ2) is 6.15. The van der Waals surface area contributed by atoms with Crippen LogP contribution in [0.4, 0.5) is 0 Å². The molecule has 2 heterocycles. The summed E-state index contributed by atoms with van der Waals surface area (Å²) >= 11 is 12.8. The zero-order valence-electron chi connectivity index (χ0n) is 13.3. The Morgan fingerprint density at radius 1 is 1.08 bits per heavy atom. The van der Waals surface area contributed by atoms with Crippen LogP contribution in [-0.2, 0) is 13.6 Å². The van der Waals surface area contributed by atoms with E-state index in [1.54, 1.807) is 7.05 Å². The first-order valence-corrected chi connectivity index (χ1v) is 8.37. The summed E-state index contributed by atoms with van der Waals surface area (Å²) in [5.41, 5.74) is 9.27. The Balaban J connectivity index is 2.06. The fourth-order valence-corrected chi connectivity index (χ4v) is 3.34. The standard InChI is InChI=1S/C17H14Cl2N6/c1-24-22-17(21-23-24)16-15(19)13-8-11(18)4-7-14(13)25(16)12-5-2-10(9-20)3-6-12/h2-8H,9,20H2,1H3. The first-order valence-electron chi connectivity index (χ1n) is 7.61. The topological polar surface area (TPSA) is 74.5 Å². The molecule has 0 saturated carbocycles. The van der Waals surface area contributed by atoms with E-state index in [-0.39, 0.29) is 0 Å². The van der Waals surface area contributed by atoms with Crippen molar-refractivity contribution >= 4 is 34.1 Å². The Hall–Kier alpha value is -2.41. The molecule has 0 aliphatic carbocycles. The molecule has 0 spiro atoms. The minimum atomic E-state index is 0.447. The van der Waals surface area contributed by atoms with E-state index in [1.807, 2.05) is 47.0 Å². The highest BCUT2D eigenvalue weighted by Gasteiger charge is 2.22. The summed E-state index contributed by atoms with van der Waals surface area (Å²) in [4.78, 5) is 1.40. The molecule has 0 bridgehead atoms. The van der Waals surface area contributed by atoms with Gasteiger partial charge in [0, 0.05) is 22.6 Å². The van der Waals surface area contributed by atoms with E-state index in [9.17, 15) is 0 Å². The third kappa shape index (κ3) is 2.68. The zero-order valence-corrected chi connectivity index (χ0v) is 14.8. The molecule has 4 aromatic rings. The Morgan fingerprint density at radius 3 is 2.48 bits per heavy atom. The van der Waals surface area contributed by atoms with Crippen LogP contribution >= 0.6 is 23.2 Å². The smallest absolute Gasteiger partial charge is 0.223 e. The van der Waals surface area contributed by atoms with Crippen molar-refractivity contribution < 1.29 is 0 Å². The van der Waals surface area contributed by atoms with Gasteiger partial charge in [0.25, 0.3) is 0 Å². The largest absolute Gasteiger partial charge is 0.326 e. The van der Waals surface area contributed by atoms with E-state index >= 15 is 0 Å². The van der Waals surface area contributed by atoms with Crippen molar-refractivity contribution in [1.29, 1.82) is 0 Å². The maximum Gasteiger partial charge on any atom is 0.223 e. The summed E-state index contributed by atoms with van der Waals surface area (Å²) < 4.78 is 2.01. The highest BCUT2D eigenvalue weighted by atomic mass is 35.5. The number of tetrazole rings is 1. The van der Waals surface area contributed by atoms with Gasteiger partial charge in [-0.05, 0) is 41.1 Å². The van der Waals surface area contributed by atoms with Gasteiger partial charge >= 0.3 is 0 Å². The second-order valence-corrected chi connectivity index (χ2v) is 6.45. The van der Waals surface area contributed by atoms with Gasteiger partial charge in [0.15, 0.2) is 0 Å². The lowest BCUT2D eigenvalue weighted by molar-refractivity contribution is 0.630. The quantitative estimate of drug-likeness (QED) is 0.596. The highest BCUT2D eigenvalue weighted by Crippen LogP contribution is 2.39. The lowest BCUT2D eigenvalue weighted by atomic mass is 10.2. The molecule has 25 heavy (non-hydrogen) atoms. The first kappa shape index (κ1) is 16.1. The van der Waals surface area contributed by atoms with Gasteiger partial charge in [0.05, 0.1) is 17.6 Å². The fraction of sp³-hybridized carbons (Fsp3) is 0.118. The van der Waals surface area contributed by atoms with Crippen LogP contribution in [0.5, 0.6) is 0 Å². The minimum Gasteiger partial charge on any atom is -0.326 e. The van der Waals surface area contributed by atoms with Crippen LogP contribution in [0.2, 0.25) is 10.0 Å². The Kier molecular flexibility index (Phi) is 3.95. The number of nitrogens with zero attached hydrogens (tertiary/aromatic N) is 5. The summed E-state index contributed by atoms with van der Waals surface area (Å²) in [5.74, 6) is 0.447. The molecule has 0 radical (unpaired) electrons. The number of hydrogen-bond donors (Lipinski definition) is 1. The highest BCUT2D eigenvalue weighted by molar-refractivity contribution is 6.39. The normalized spacial score (nSPS) is 11.4. The average Bonchev–Trinajstić information content (AvgIpc) is 3.16. The van der Waals surface area contributed by atoms with Gasteiger partial charge in [0.1, 0.15) is 5.69 Å². The van der Waals surface area contributed by atoms with Gasteiger partial charge in [0.2, 0.25) is 5.82 Å². The number of fused-ring (bicyclic) bond motifs is 1. The monoisotopic (exact) mass is 372 g/mol. The van der Waals surface area contributed by atoms with E-state index in [2.05, 4.69) is 15.4 Å². The number of nitrogens with two attached hydrogens (primary N) is 1. The molecule has 8 heteroatoms. The van der Waals surface area contributed by atoms with E-state index in [4.69, 9.17) is 28.9 Å². The maximum atomic E-state index is 6.67. The summed E-state index contributed by atoms with van der Waals surface area (Å²) in [6.45, 7) is 0.488. The summed E-state index contributed by atoms with van der Waals surface area (Å²) in [6, 6.07) is 13.6. The Labute approximate surface area is 153 Å². The summed E-state index contributed by atoms with van der Waals surface area (Å²) in [7, 11) is 1.71. The summed E-state index contributed by atoms with van der Waals surface area (Å²) in [5, 5.41) is 14.4. The Bertz CT molecular complexity index is 1060. The van der Waals surface area contributed by atoms with Gasteiger partial charge in [-0.15, -0.1) is 10.2 Å². The van der Waals surface area contributed by atoms with Crippen molar-refractivity contribution in [2.75, 3.05) is 0 Å².